The third-order valence-electron chi connectivity index (χ3n) is 3.06. The van der Waals surface area contributed by atoms with Crippen LogP contribution in [0, 0.1) is 5.92 Å². The highest BCUT2D eigenvalue weighted by Gasteiger charge is 2.23. The van der Waals surface area contributed by atoms with Gasteiger partial charge in [0.15, 0.2) is 0 Å². The highest BCUT2D eigenvalue weighted by atomic mass is 16.3. The molecule has 1 saturated carbocycles. The Hall–Kier alpha value is -0.520. The van der Waals surface area contributed by atoms with Crippen molar-refractivity contribution in [1.29, 1.82) is 0 Å². The predicted molar refractivity (Wildman–Crippen MR) is 55.5 cm³/mol. The monoisotopic (exact) mass is 180 g/mol. The molecular formula is C12H20O. The zero-order valence-corrected chi connectivity index (χ0v) is 8.55. The first kappa shape index (κ1) is 10.6. The highest BCUT2D eigenvalue weighted by molar-refractivity contribution is 5.07. The van der Waals surface area contributed by atoms with Gasteiger partial charge in [-0.15, -0.1) is 5.73 Å². The van der Waals surface area contributed by atoms with Gasteiger partial charge < -0.3 is 5.11 Å². The molecule has 0 radical (unpaired) electrons. The lowest BCUT2D eigenvalue weighted by atomic mass is 9.82. The molecule has 1 atom stereocenters. The van der Waals surface area contributed by atoms with Crippen LogP contribution >= 0.6 is 0 Å². The van der Waals surface area contributed by atoms with E-state index in [0.717, 1.165) is 12.0 Å². The Morgan fingerprint density at radius 1 is 1.46 bits per heavy atom. The van der Waals surface area contributed by atoms with Gasteiger partial charge in [-0.3, -0.25) is 0 Å². The van der Waals surface area contributed by atoms with E-state index in [9.17, 15) is 5.11 Å². The summed E-state index contributed by atoms with van der Waals surface area (Å²) >= 11 is 0. The van der Waals surface area contributed by atoms with E-state index in [-0.39, 0.29) is 6.10 Å². The van der Waals surface area contributed by atoms with Crippen molar-refractivity contribution in [3.63, 3.8) is 0 Å². The van der Waals surface area contributed by atoms with Crippen LogP contribution in [0.15, 0.2) is 17.9 Å². The second-order valence-electron chi connectivity index (χ2n) is 3.90. The summed E-state index contributed by atoms with van der Waals surface area (Å²) in [4.78, 5) is 0. The zero-order valence-electron chi connectivity index (χ0n) is 8.55. The summed E-state index contributed by atoms with van der Waals surface area (Å²) in [5.41, 5.74) is 3.86. The summed E-state index contributed by atoms with van der Waals surface area (Å²) < 4.78 is 0. The van der Waals surface area contributed by atoms with E-state index < -0.39 is 0 Å². The number of hydrogen-bond donors (Lipinski definition) is 1. The van der Waals surface area contributed by atoms with Crippen LogP contribution in [0.4, 0.5) is 0 Å². The van der Waals surface area contributed by atoms with E-state index in [1.807, 2.05) is 0 Å². The molecule has 1 aliphatic rings. The van der Waals surface area contributed by atoms with E-state index in [4.69, 9.17) is 0 Å². The lowest BCUT2D eigenvalue weighted by molar-refractivity contribution is 0.113. The molecule has 1 rings (SSSR count). The fourth-order valence-corrected chi connectivity index (χ4v) is 2.17. The van der Waals surface area contributed by atoms with Gasteiger partial charge in [0.2, 0.25) is 0 Å². The maximum Gasteiger partial charge on any atom is 0.0851 e. The minimum atomic E-state index is -0.275. The molecule has 0 bridgehead atoms. The lowest BCUT2D eigenvalue weighted by Crippen LogP contribution is -2.24. The fraction of sp³-hybridized carbons (Fsp3) is 0.750. The molecule has 0 aromatic heterocycles. The molecule has 0 heterocycles. The largest absolute Gasteiger partial charge is 0.388 e. The Bertz CT molecular complexity index is 195. The Labute approximate surface area is 81.2 Å². The van der Waals surface area contributed by atoms with Crippen molar-refractivity contribution in [1.82, 2.24) is 0 Å². The lowest BCUT2D eigenvalue weighted by Gasteiger charge is -2.27. The quantitative estimate of drug-likeness (QED) is 0.662. The third-order valence-corrected chi connectivity index (χ3v) is 3.06. The summed E-state index contributed by atoms with van der Waals surface area (Å²) in [7, 11) is 0. The molecule has 0 aromatic rings. The first-order chi connectivity index (χ1) is 6.29. The number of rotatable bonds is 3. The first-order valence-corrected chi connectivity index (χ1v) is 5.36. The minimum Gasteiger partial charge on any atom is -0.388 e. The van der Waals surface area contributed by atoms with Gasteiger partial charge >= 0.3 is 0 Å². The summed E-state index contributed by atoms with van der Waals surface area (Å²) in [6, 6.07) is 0. The van der Waals surface area contributed by atoms with Gasteiger partial charge in [0.05, 0.1) is 6.10 Å². The Morgan fingerprint density at radius 3 is 2.54 bits per heavy atom. The molecule has 1 unspecified atom stereocenters. The predicted octanol–water partition coefficient (Wildman–Crippen LogP) is 3.05. The van der Waals surface area contributed by atoms with Crippen molar-refractivity contribution in [2.45, 2.75) is 51.6 Å². The Kier molecular flexibility index (Phi) is 4.27. The van der Waals surface area contributed by atoms with Crippen molar-refractivity contribution in [3.05, 3.63) is 17.9 Å². The molecule has 0 aromatic carbocycles. The van der Waals surface area contributed by atoms with Crippen molar-refractivity contribution >= 4 is 0 Å². The van der Waals surface area contributed by atoms with Gasteiger partial charge in [0.25, 0.3) is 0 Å². The van der Waals surface area contributed by atoms with Gasteiger partial charge in [0.1, 0.15) is 0 Å². The smallest absolute Gasteiger partial charge is 0.0851 e. The van der Waals surface area contributed by atoms with Crippen molar-refractivity contribution < 1.29 is 5.11 Å². The van der Waals surface area contributed by atoms with Crippen LogP contribution in [0.3, 0.4) is 0 Å². The fourth-order valence-electron chi connectivity index (χ4n) is 2.17. The normalized spacial score (nSPS) is 20.8. The van der Waals surface area contributed by atoms with Crippen LogP contribution < -0.4 is 0 Å². The van der Waals surface area contributed by atoms with Crippen molar-refractivity contribution in [2.24, 2.45) is 5.92 Å². The summed E-state index contributed by atoms with van der Waals surface area (Å²) in [5.74, 6) is 0.470. The topological polar surface area (TPSA) is 20.2 Å². The molecule has 1 N–H and O–H groups in total. The van der Waals surface area contributed by atoms with Gasteiger partial charge in [-0.2, -0.15) is 0 Å². The third kappa shape index (κ3) is 2.72. The molecule has 1 nitrogen and oxygen atoms in total. The molecule has 0 saturated heterocycles. The van der Waals surface area contributed by atoms with E-state index >= 15 is 0 Å². The standard InChI is InChI=1S/C12H20O/c1-3-10(4-2)12(13)11-8-6-5-7-9-11/h11-13H,1,4-9H2,2H3. The molecule has 1 aliphatic carbocycles. The van der Waals surface area contributed by atoms with Crippen LogP contribution in [-0.2, 0) is 0 Å². The molecule has 13 heavy (non-hydrogen) atoms. The van der Waals surface area contributed by atoms with Crippen LogP contribution in [0.1, 0.15) is 45.4 Å². The molecule has 1 fully saturated rings. The number of hydrogen-bond acceptors (Lipinski definition) is 1. The van der Waals surface area contributed by atoms with Crippen LogP contribution in [0.25, 0.3) is 0 Å². The van der Waals surface area contributed by atoms with E-state index in [1.54, 1.807) is 0 Å². The number of aliphatic hydroxyl groups is 1. The summed E-state index contributed by atoms with van der Waals surface area (Å²) in [6.45, 7) is 5.68. The van der Waals surface area contributed by atoms with Gasteiger partial charge in [-0.1, -0.05) is 32.8 Å². The average Bonchev–Trinajstić information content (AvgIpc) is 2.21. The average molecular weight is 180 g/mol. The van der Waals surface area contributed by atoms with Crippen molar-refractivity contribution in [2.75, 3.05) is 0 Å². The summed E-state index contributed by atoms with van der Waals surface area (Å²) in [5, 5.41) is 9.99. The Morgan fingerprint density at radius 2 is 2.08 bits per heavy atom. The molecule has 74 valence electrons. The van der Waals surface area contributed by atoms with E-state index in [0.29, 0.717) is 5.92 Å². The zero-order chi connectivity index (χ0) is 9.68. The molecule has 0 spiro atoms. The van der Waals surface area contributed by atoms with E-state index in [1.165, 1.54) is 32.1 Å². The van der Waals surface area contributed by atoms with Gasteiger partial charge in [-0.05, 0) is 30.8 Å². The summed E-state index contributed by atoms with van der Waals surface area (Å²) in [6.07, 6.45) is 6.83. The van der Waals surface area contributed by atoms with Crippen LogP contribution in [0.5, 0.6) is 0 Å². The molecule has 0 amide bonds. The highest BCUT2D eigenvalue weighted by Crippen LogP contribution is 2.29. The number of aliphatic hydroxyl groups excluding tert-OH is 1. The second kappa shape index (κ2) is 5.26. The second-order valence-corrected chi connectivity index (χ2v) is 3.90. The minimum absolute atomic E-state index is 0.275. The molecular weight excluding hydrogens is 160 g/mol. The first-order valence-electron chi connectivity index (χ1n) is 5.36. The molecule has 1 heteroatoms. The van der Waals surface area contributed by atoms with Gasteiger partial charge in [-0.25, -0.2) is 0 Å². The van der Waals surface area contributed by atoms with Gasteiger partial charge in [0, 0.05) is 0 Å². The van der Waals surface area contributed by atoms with E-state index in [2.05, 4.69) is 19.2 Å². The SMILES string of the molecule is C=C=C(CC)C(O)C1CCCCC1. The maximum atomic E-state index is 9.99. The van der Waals surface area contributed by atoms with Crippen molar-refractivity contribution in [3.8, 4) is 0 Å². The molecule has 0 aliphatic heterocycles. The van der Waals surface area contributed by atoms with Crippen LogP contribution in [-0.4, -0.2) is 11.2 Å². The Balaban J connectivity index is 2.54. The maximum absolute atomic E-state index is 9.99. The van der Waals surface area contributed by atoms with Crippen LogP contribution in [0.2, 0.25) is 0 Å².